The van der Waals surface area contributed by atoms with Crippen LogP contribution in [0.3, 0.4) is 0 Å². The van der Waals surface area contributed by atoms with Gasteiger partial charge in [0.1, 0.15) is 11.3 Å². The molecule has 0 aliphatic rings. The molecule has 6 nitrogen and oxygen atoms in total. The first-order valence-corrected chi connectivity index (χ1v) is 6.74. The second kappa shape index (κ2) is 6.89. The maximum atomic E-state index is 11.7. The zero-order chi connectivity index (χ0) is 16.9. The van der Waals surface area contributed by atoms with Gasteiger partial charge in [0.15, 0.2) is 0 Å². The molecule has 1 aromatic rings. The van der Waals surface area contributed by atoms with E-state index < -0.39 is 16.6 Å². The number of rotatable bonds is 4. The Bertz CT molecular complexity index is 628. The summed E-state index contributed by atoms with van der Waals surface area (Å²) in [5, 5.41) is 13.6. The molecule has 0 saturated heterocycles. The van der Waals surface area contributed by atoms with Crippen molar-refractivity contribution in [2.45, 2.75) is 33.3 Å². The summed E-state index contributed by atoms with van der Waals surface area (Å²) in [5.41, 5.74) is 0.443. The van der Waals surface area contributed by atoms with Crippen LogP contribution in [0.25, 0.3) is 5.57 Å². The summed E-state index contributed by atoms with van der Waals surface area (Å²) >= 11 is 0. The van der Waals surface area contributed by atoms with Crippen LogP contribution in [-0.2, 0) is 4.74 Å². The smallest absolute Gasteiger partial charge is 0.412 e. The number of allylic oxidation sites excluding steroid dienone is 3. The molecule has 1 aromatic carbocycles. The highest BCUT2D eigenvalue weighted by Crippen LogP contribution is 2.29. The Balaban J connectivity index is 3.08. The van der Waals surface area contributed by atoms with Gasteiger partial charge in [-0.25, -0.2) is 4.79 Å². The predicted molar refractivity (Wildman–Crippen MR) is 86.8 cm³/mol. The lowest BCUT2D eigenvalue weighted by Crippen LogP contribution is -2.27. The van der Waals surface area contributed by atoms with Crippen LogP contribution in [0.5, 0.6) is 0 Å². The highest BCUT2D eigenvalue weighted by molar-refractivity contribution is 5.89. The van der Waals surface area contributed by atoms with Crippen LogP contribution in [0.4, 0.5) is 16.2 Å². The van der Waals surface area contributed by atoms with Gasteiger partial charge in [-0.15, -0.1) is 0 Å². The van der Waals surface area contributed by atoms with Gasteiger partial charge in [0.2, 0.25) is 0 Å². The van der Waals surface area contributed by atoms with E-state index in [1.165, 1.54) is 12.1 Å². The van der Waals surface area contributed by atoms with Gasteiger partial charge in [0.25, 0.3) is 5.69 Å². The molecule has 0 radical (unpaired) electrons. The van der Waals surface area contributed by atoms with Crippen LogP contribution < -0.4 is 5.32 Å². The number of hydrogen-bond acceptors (Lipinski definition) is 4. The number of ether oxygens (including phenoxy) is 1. The number of carbonyl (C=O) groups excluding carboxylic acids is 1. The minimum absolute atomic E-state index is 0.0799. The maximum Gasteiger partial charge on any atom is 0.412 e. The highest BCUT2D eigenvalue weighted by atomic mass is 16.6. The summed E-state index contributed by atoms with van der Waals surface area (Å²) in [6.07, 6.45) is 2.80. The summed E-state index contributed by atoms with van der Waals surface area (Å²) in [4.78, 5) is 22.4. The Morgan fingerprint density at radius 2 is 2.05 bits per heavy atom. The van der Waals surface area contributed by atoms with Crippen LogP contribution in [0.1, 0.15) is 33.3 Å². The van der Waals surface area contributed by atoms with Gasteiger partial charge in [-0.1, -0.05) is 24.8 Å². The van der Waals surface area contributed by atoms with Crippen LogP contribution in [0.2, 0.25) is 0 Å². The third-order valence-corrected chi connectivity index (χ3v) is 2.57. The highest BCUT2D eigenvalue weighted by Gasteiger charge is 2.21. The van der Waals surface area contributed by atoms with E-state index in [9.17, 15) is 14.9 Å². The zero-order valence-corrected chi connectivity index (χ0v) is 13.2. The molecule has 0 heterocycles. The predicted octanol–water partition coefficient (Wildman–Crippen LogP) is 4.53. The third kappa shape index (κ3) is 5.05. The molecule has 1 rings (SSSR count). The molecule has 1 N–H and O–H groups in total. The van der Waals surface area contributed by atoms with E-state index in [0.29, 0.717) is 11.1 Å². The van der Waals surface area contributed by atoms with Gasteiger partial charge in [0, 0.05) is 6.07 Å². The number of amides is 1. The van der Waals surface area contributed by atoms with Crippen molar-refractivity contribution >= 4 is 23.0 Å². The molecular formula is C16H20N2O4. The monoisotopic (exact) mass is 304 g/mol. The zero-order valence-electron chi connectivity index (χ0n) is 13.2. The Hall–Kier alpha value is -2.63. The molecule has 0 saturated carbocycles. The lowest BCUT2D eigenvalue weighted by molar-refractivity contribution is -0.383. The lowest BCUT2D eigenvalue weighted by Gasteiger charge is -2.19. The average Bonchev–Trinajstić information content (AvgIpc) is 2.36. The number of nitrogens with one attached hydrogen (secondary N) is 1. The number of nitro benzene ring substituents is 1. The molecule has 22 heavy (non-hydrogen) atoms. The first-order chi connectivity index (χ1) is 10.1. The number of hydrogen-bond donors (Lipinski definition) is 1. The Morgan fingerprint density at radius 1 is 1.41 bits per heavy atom. The molecule has 118 valence electrons. The van der Waals surface area contributed by atoms with Crippen molar-refractivity contribution < 1.29 is 14.5 Å². The van der Waals surface area contributed by atoms with E-state index in [1.807, 2.05) is 6.92 Å². The molecule has 0 atom stereocenters. The molecule has 0 unspecified atom stereocenters. The fourth-order valence-electron chi connectivity index (χ4n) is 1.70. The fourth-order valence-corrected chi connectivity index (χ4v) is 1.70. The van der Waals surface area contributed by atoms with E-state index in [4.69, 9.17) is 4.74 Å². The molecule has 1 amide bonds. The Morgan fingerprint density at radius 3 is 2.55 bits per heavy atom. The second-order valence-corrected chi connectivity index (χ2v) is 5.64. The van der Waals surface area contributed by atoms with Crippen molar-refractivity contribution in [2.24, 2.45) is 0 Å². The topological polar surface area (TPSA) is 81.5 Å². The number of nitrogens with zero attached hydrogens (tertiary/aromatic N) is 1. The molecule has 0 aromatic heterocycles. The minimum Gasteiger partial charge on any atom is -0.444 e. The number of anilines is 1. The second-order valence-electron chi connectivity index (χ2n) is 5.64. The number of benzene rings is 1. The van der Waals surface area contributed by atoms with Gasteiger partial charge in [-0.05, 0) is 44.9 Å². The quantitative estimate of drug-likeness (QED) is 0.503. The third-order valence-electron chi connectivity index (χ3n) is 2.57. The first kappa shape index (κ1) is 17.4. The molecule has 0 aliphatic heterocycles. The molecule has 0 spiro atoms. The van der Waals surface area contributed by atoms with Crippen molar-refractivity contribution in [3.05, 3.63) is 52.6 Å². The van der Waals surface area contributed by atoms with Crippen LogP contribution in [0, 0.1) is 10.1 Å². The summed E-state index contributed by atoms with van der Waals surface area (Å²) in [6, 6.07) is 4.49. The molecule has 6 heteroatoms. The van der Waals surface area contributed by atoms with E-state index in [0.717, 1.165) is 0 Å². The number of carbonyl (C=O) groups is 1. The largest absolute Gasteiger partial charge is 0.444 e. The first-order valence-electron chi connectivity index (χ1n) is 6.74. The van der Waals surface area contributed by atoms with Gasteiger partial charge in [-0.2, -0.15) is 0 Å². The summed E-state index contributed by atoms with van der Waals surface area (Å²) in [5.74, 6) is 0. The molecule has 0 aliphatic carbocycles. The van der Waals surface area contributed by atoms with E-state index in [2.05, 4.69) is 11.9 Å². The Kier molecular flexibility index (Phi) is 5.45. The number of nitro groups is 1. The van der Waals surface area contributed by atoms with Crippen molar-refractivity contribution in [1.29, 1.82) is 0 Å². The van der Waals surface area contributed by atoms with E-state index >= 15 is 0 Å². The Labute approximate surface area is 129 Å². The SMILES string of the molecule is C=C(/C=C\C)c1ccc(NC(=O)OC(C)(C)C)c([N+](=O)[O-])c1. The minimum atomic E-state index is -0.740. The molecule has 0 fully saturated rings. The lowest BCUT2D eigenvalue weighted by atomic mass is 10.1. The average molecular weight is 304 g/mol. The van der Waals surface area contributed by atoms with Crippen LogP contribution in [-0.4, -0.2) is 16.6 Å². The van der Waals surface area contributed by atoms with Gasteiger partial charge in [-0.3, -0.25) is 15.4 Å². The summed E-state index contributed by atoms with van der Waals surface area (Å²) < 4.78 is 5.09. The van der Waals surface area contributed by atoms with Crippen LogP contribution in [0.15, 0.2) is 36.9 Å². The summed E-state index contributed by atoms with van der Waals surface area (Å²) in [7, 11) is 0. The van der Waals surface area contributed by atoms with Gasteiger partial charge in [0.05, 0.1) is 4.92 Å². The summed E-state index contributed by atoms with van der Waals surface area (Å²) in [6.45, 7) is 10.8. The normalized spacial score (nSPS) is 11.3. The maximum absolute atomic E-state index is 11.7. The van der Waals surface area contributed by atoms with Crippen LogP contribution >= 0.6 is 0 Å². The van der Waals surface area contributed by atoms with Crippen molar-refractivity contribution in [3.63, 3.8) is 0 Å². The van der Waals surface area contributed by atoms with Gasteiger partial charge >= 0.3 is 6.09 Å². The molecule has 0 bridgehead atoms. The standard InChI is InChI=1S/C16H20N2O4/c1-6-7-11(2)12-8-9-13(14(10-12)18(20)21)17-15(19)22-16(3,4)5/h6-10H,2H2,1,3-5H3,(H,17,19)/b7-6-. The van der Waals surface area contributed by atoms with Crippen molar-refractivity contribution in [2.75, 3.05) is 5.32 Å². The van der Waals surface area contributed by atoms with Gasteiger partial charge < -0.3 is 4.74 Å². The molecular weight excluding hydrogens is 284 g/mol. The van der Waals surface area contributed by atoms with E-state index in [1.54, 1.807) is 39.0 Å². The fraction of sp³-hybridized carbons (Fsp3) is 0.312. The van der Waals surface area contributed by atoms with Crippen molar-refractivity contribution in [1.82, 2.24) is 0 Å². The van der Waals surface area contributed by atoms with E-state index in [-0.39, 0.29) is 11.4 Å². The van der Waals surface area contributed by atoms with Crippen molar-refractivity contribution in [3.8, 4) is 0 Å².